The van der Waals surface area contributed by atoms with Crippen LogP contribution in [0.2, 0.25) is 0 Å². The summed E-state index contributed by atoms with van der Waals surface area (Å²) in [6, 6.07) is 0. The minimum absolute atomic E-state index is 0.0269. The molecule has 2 N–H and O–H groups in total. The van der Waals surface area contributed by atoms with Gasteiger partial charge in [-0.05, 0) is 37.5 Å². The normalized spacial score (nSPS) is 36.2. The average Bonchev–Trinajstić information content (AvgIpc) is 3.00. The fourth-order valence-corrected chi connectivity index (χ4v) is 2.88. The first-order valence-electron chi connectivity index (χ1n) is 6.06. The third kappa shape index (κ3) is 1.96. The Kier molecular flexibility index (Phi) is 3.22. The molecule has 0 spiro atoms. The molecule has 0 radical (unpaired) electrons. The van der Waals surface area contributed by atoms with Crippen molar-refractivity contribution in [1.82, 2.24) is 0 Å². The summed E-state index contributed by atoms with van der Waals surface area (Å²) in [5.74, 6) is -0.286. The van der Waals surface area contributed by atoms with Crippen LogP contribution in [0.25, 0.3) is 0 Å². The lowest BCUT2D eigenvalue weighted by molar-refractivity contribution is -0.155. The smallest absolute Gasteiger partial charge is 0.312 e. The number of carbonyl (C=O) groups is 1. The number of hydrogen-bond acceptors (Lipinski definition) is 3. The van der Waals surface area contributed by atoms with E-state index in [-0.39, 0.29) is 18.6 Å². The van der Waals surface area contributed by atoms with Gasteiger partial charge in [-0.25, -0.2) is 0 Å². The van der Waals surface area contributed by atoms with Gasteiger partial charge in [-0.2, -0.15) is 0 Å². The molecular weight excluding hydrogens is 208 g/mol. The number of aliphatic hydroxyl groups excluding tert-OH is 1. The highest BCUT2D eigenvalue weighted by Crippen LogP contribution is 2.50. The van der Waals surface area contributed by atoms with E-state index < -0.39 is 11.4 Å². The lowest BCUT2D eigenvalue weighted by Gasteiger charge is -2.31. The highest BCUT2D eigenvalue weighted by atomic mass is 16.5. The fourth-order valence-electron chi connectivity index (χ4n) is 2.88. The molecule has 1 aliphatic heterocycles. The Labute approximate surface area is 95.6 Å². The van der Waals surface area contributed by atoms with Crippen LogP contribution in [0.3, 0.4) is 0 Å². The quantitative estimate of drug-likeness (QED) is 0.743. The van der Waals surface area contributed by atoms with Crippen LogP contribution >= 0.6 is 0 Å². The molecule has 2 aliphatic rings. The zero-order valence-electron chi connectivity index (χ0n) is 9.69. The van der Waals surface area contributed by atoms with Crippen molar-refractivity contribution in [3.63, 3.8) is 0 Å². The zero-order chi connectivity index (χ0) is 11.8. The second kappa shape index (κ2) is 4.34. The summed E-state index contributed by atoms with van der Waals surface area (Å²) in [6.07, 6.45) is 3.17. The van der Waals surface area contributed by atoms with Gasteiger partial charge < -0.3 is 14.9 Å². The Balaban J connectivity index is 2.16. The summed E-state index contributed by atoms with van der Waals surface area (Å²) < 4.78 is 5.64. The van der Waals surface area contributed by atoms with Gasteiger partial charge in [0.1, 0.15) is 0 Å². The van der Waals surface area contributed by atoms with E-state index in [1.165, 1.54) is 0 Å². The van der Waals surface area contributed by atoms with Gasteiger partial charge >= 0.3 is 5.97 Å². The minimum Gasteiger partial charge on any atom is -0.481 e. The van der Waals surface area contributed by atoms with Crippen LogP contribution in [-0.2, 0) is 9.53 Å². The number of hydrogen-bond donors (Lipinski definition) is 2. The molecule has 4 heteroatoms. The first-order valence-corrected chi connectivity index (χ1v) is 6.06. The summed E-state index contributed by atoms with van der Waals surface area (Å²) >= 11 is 0. The van der Waals surface area contributed by atoms with Crippen molar-refractivity contribution in [1.29, 1.82) is 0 Å². The van der Waals surface area contributed by atoms with Crippen LogP contribution in [-0.4, -0.2) is 35.5 Å². The molecule has 2 rings (SSSR count). The van der Waals surface area contributed by atoms with Gasteiger partial charge in [-0.15, -0.1) is 0 Å². The fraction of sp³-hybridized carbons (Fsp3) is 0.917. The van der Waals surface area contributed by atoms with Crippen molar-refractivity contribution in [3.8, 4) is 0 Å². The molecule has 1 saturated heterocycles. The van der Waals surface area contributed by atoms with E-state index in [2.05, 4.69) is 0 Å². The van der Waals surface area contributed by atoms with E-state index in [4.69, 9.17) is 9.84 Å². The third-order valence-corrected chi connectivity index (χ3v) is 3.89. The van der Waals surface area contributed by atoms with Gasteiger partial charge in [0.25, 0.3) is 0 Å². The molecule has 1 saturated carbocycles. The van der Waals surface area contributed by atoms with Crippen molar-refractivity contribution in [3.05, 3.63) is 0 Å². The topological polar surface area (TPSA) is 66.8 Å². The molecule has 0 amide bonds. The van der Waals surface area contributed by atoms with Crippen LogP contribution < -0.4 is 0 Å². The molecule has 0 bridgehead atoms. The Morgan fingerprint density at radius 1 is 1.56 bits per heavy atom. The maximum absolute atomic E-state index is 11.6. The van der Waals surface area contributed by atoms with Gasteiger partial charge in [0.05, 0.1) is 11.5 Å². The van der Waals surface area contributed by atoms with E-state index in [0.717, 1.165) is 12.8 Å². The number of aliphatic carboxylic acids is 1. The lowest BCUT2D eigenvalue weighted by Crippen LogP contribution is -2.42. The molecule has 16 heavy (non-hydrogen) atoms. The Bertz CT molecular complexity index is 274. The summed E-state index contributed by atoms with van der Waals surface area (Å²) in [7, 11) is 0. The van der Waals surface area contributed by atoms with Crippen molar-refractivity contribution in [2.24, 2.45) is 17.3 Å². The molecule has 0 aromatic carbocycles. The highest BCUT2D eigenvalue weighted by Gasteiger charge is 2.56. The minimum atomic E-state index is -0.748. The summed E-state index contributed by atoms with van der Waals surface area (Å²) in [4.78, 5) is 11.6. The predicted molar refractivity (Wildman–Crippen MR) is 58.0 cm³/mol. The lowest BCUT2D eigenvalue weighted by atomic mass is 9.73. The largest absolute Gasteiger partial charge is 0.481 e. The molecule has 1 heterocycles. The van der Waals surface area contributed by atoms with E-state index in [1.54, 1.807) is 0 Å². The van der Waals surface area contributed by atoms with E-state index in [9.17, 15) is 9.90 Å². The van der Waals surface area contributed by atoms with Crippen LogP contribution in [0.5, 0.6) is 0 Å². The van der Waals surface area contributed by atoms with E-state index in [1.807, 2.05) is 6.92 Å². The Morgan fingerprint density at radius 2 is 2.25 bits per heavy atom. The molecule has 4 nitrogen and oxygen atoms in total. The molecule has 92 valence electrons. The van der Waals surface area contributed by atoms with Gasteiger partial charge in [-0.1, -0.05) is 6.92 Å². The van der Waals surface area contributed by atoms with Crippen LogP contribution in [0.4, 0.5) is 0 Å². The second-order valence-electron chi connectivity index (χ2n) is 5.33. The zero-order valence-corrected chi connectivity index (χ0v) is 9.69. The summed E-state index contributed by atoms with van der Waals surface area (Å²) in [5.41, 5.74) is -0.747. The maximum atomic E-state index is 11.6. The van der Waals surface area contributed by atoms with Gasteiger partial charge in [-0.3, -0.25) is 4.79 Å². The Hall–Kier alpha value is -0.610. The first kappa shape index (κ1) is 11.9. The molecule has 1 aliphatic carbocycles. The first-order chi connectivity index (χ1) is 7.60. The third-order valence-electron chi connectivity index (χ3n) is 3.89. The number of ether oxygens (including phenoxy) is 1. The van der Waals surface area contributed by atoms with E-state index in [0.29, 0.717) is 25.4 Å². The monoisotopic (exact) mass is 228 g/mol. The summed E-state index contributed by atoms with van der Waals surface area (Å²) in [5, 5.41) is 18.6. The van der Waals surface area contributed by atoms with E-state index >= 15 is 0 Å². The Morgan fingerprint density at radius 3 is 2.75 bits per heavy atom. The molecule has 0 aromatic heterocycles. The number of rotatable bonds is 5. The van der Waals surface area contributed by atoms with Gasteiger partial charge in [0.15, 0.2) is 0 Å². The van der Waals surface area contributed by atoms with Crippen molar-refractivity contribution < 1.29 is 19.7 Å². The predicted octanol–water partition coefficient (Wildman–Crippen LogP) is 1.27. The number of carboxylic acids is 1. The summed E-state index contributed by atoms with van der Waals surface area (Å²) in [6.45, 7) is 2.49. The highest BCUT2D eigenvalue weighted by molar-refractivity contribution is 5.76. The second-order valence-corrected chi connectivity index (χ2v) is 5.33. The average molecular weight is 228 g/mol. The van der Waals surface area contributed by atoms with Crippen molar-refractivity contribution >= 4 is 5.97 Å². The van der Waals surface area contributed by atoms with Gasteiger partial charge in [0.2, 0.25) is 0 Å². The van der Waals surface area contributed by atoms with Gasteiger partial charge in [0, 0.05) is 13.2 Å². The number of carboxylic acid groups (broad SMARTS) is 1. The van der Waals surface area contributed by atoms with Crippen LogP contribution in [0.15, 0.2) is 0 Å². The van der Waals surface area contributed by atoms with Crippen LogP contribution in [0.1, 0.15) is 32.6 Å². The van der Waals surface area contributed by atoms with Crippen molar-refractivity contribution in [2.75, 3.05) is 13.2 Å². The molecular formula is C12H20O4. The SMILES string of the molecule is CC(CO)CC1(C(=O)O)CCOC1C1CC1. The van der Waals surface area contributed by atoms with Crippen molar-refractivity contribution in [2.45, 2.75) is 38.7 Å². The standard InChI is InChI=1S/C12H20O4/c1-8(7-13)6-12(11(14)15)4-5-16-10(12)9-2-3-9/h8-10,13H,2-7H2,1H3,(H,14,15). The van der Waals surface area contributed by atoms with Crippen LogP contribution in [0, 0.1) is 17.3 Å². The molecule has 2 fully saturated rings. The maximum Gasteiger partial charge on any atom is 0.312 e. The molecule has 0 aromatic rings. The molecule has 3 atom stereocenters. The number of aliphatic hydroxyl groups is 1. The molecule has 3 unspecified atom stereocenters.